The first-order valence-corrected chi connectivity index (χ1v) is 15.1. The van der Waals surface area contributed by atoms with Crippen LogP contribution in [0.25, 0.3) is 11.0 Å². The Morgan fingerprint density at radius 3 is 2.39 bits per heavy atom. The zero-order valence-electron chi connectivity index (χ0n) is 25.1. The average molecular weight is 564 g/mol. The van der Waals surface area contributed by atoms with Gasteiger partial charge >= 0.3 is 6.09 Å². The molecule has 10 nitrogen and oxygen atoms in total. The minimum Gasteiger partial charge on any atom is -0.443 e. The Bertz CT molecular complexity index is 1270. The molecule has 3 heterocycles. The van der Waals surface area contributed by atoms with Crippen LogP contribution in [0.2, 0.25) is 0 Å². The molecule has 0 bridgehead atoms. The molecule has 1 aliphatic carbocycles. The number of ether oxygens (including phenoxy) is 2. The van der Waals surface area contributed by atoms with Gasteiger partial charge in [-0.05, 0) is 57.7 Å². The number of methoxy groups -OCH3 is 1. The monoisotopic (exact) mass is 563 g/mol. The van der Waals surface area contributed by atoms with Crippen LogP contribution in [0.4, 0.5) is 16.4 Å². The molecule has 1 saturated carbocycles. The molecule has 1 aliphatic heterocycles. The van der Waals surface area contributed by atoms with Gasteiger partial charge in [0.15, 0.2) is 5.65 Å². The number of benzene rings is 1. The maximum absolute atomic E-state index is 13.5. The number of anilines is 2. The van der Waals surface area contributed by atoms with E-state index in [1.54, 1.807) is 13.3 Å². The summed E-state index contributed by atoms with van der Waals surface area (Å²) in [5.74, 6) is 0.293. The minimum atomic E-state index is -0.658. The maximum atomic E-state index is 13.5. The van der Waals surface area contributed by atoms with Crippen LogP contribution in [-0.4, -0.2) is 87.7 Å². The van der Waals surface area contributed by atoms with Crippen molar-refractivity contribution < 1.29 is 14.3 Å². The summed E-state index contributed by atoms with van der Waals surface area (Å²) < 4.78 is 13.0. The second kappa shape index (κ2) is 13.3. The molecule has 10 heteroatoms. The summed E-state index contributed by atoms with van der Waals surface area (Å²) in [6, 6.07) is 8.43. The average Bonchev–Trinajstić information content (AvgIpc) is 3.38. The Kier molecular flexibility index (Phi) is 9.52. The summed E-state index contributed by atoms with van der Waals surface area (Å²) >= 11 is 0. The minimum absolute atomic E-state index is 0.293. The van der Waals surface area contributed by atoms with Gasteiger partial charge in [-0.2, -0.15) is 10.1 Å². The predicted octanol–water partition coefficient (Wildman–Crippen LogP) is 5.56. The Hall–Kier alpha value is -3.08. The number of nitrogens with zero attached hydrogens (tertiary/aromatic N) is 7. The van der Waals surface area contributed by atoms with Crippen LogP contribution in [-0.2, 0) is 16.0 Å². The Balaban J connectivity index is 1.34. The van der Waals surface area contributed by atoms with Gasteiger partial charge in [-0.1, -0.05) is 31.4 Å². The van der Waals surface area contributed by atoms with Gasteiger partial charge in [0.05, 0.1) is 23.3 Å². The van der Waals surface area contributed by atoms with Crippen LogP contribution in [0.5, 0.6) is 0 Å². The molecule has 0 radical (unpaired) electrons. The van der Waals surface area contributed by atoms with Crippen LogP contribution in [0.1, 0.15) is 70.9 Å². The fraction of sp³-hybridized carbons (Fsp3) is 0.613. The molecule has 0 atom stereocenters. The maximum Gasteiger partial charge on any atom is 0.421 e. The molecule has 0 unspecified atom stereocenters. The fourth-order valence-electron chi connectivity index (χ4n) is 5.75. The van der Waals surface area contributed by atoms with Crippen molar-refractivity contribution in [2.45, 2.75) is 77.5 Å². The summed E-state index contributed by atoms with van der Waals surface area (Å²) in [4.78, 5) is 29.5. The van der Waals surface area contributed by atoms with Crippen LogP contribution in [0, 0.1) is 0 Å². The van der Waals surface area contributed by atoms with Crippen molar-refractivity contribution in [1.29, 1.82) is 0 Å². The molecule has 0 spiro atoms. The molecule has 3 aromatic rings. The van der Waals surface area contributed by atoms with Crippen molar-refractivity contribution in [2.75, 3.05) is 51.3 Å². The first-order valence-electron chi connectivity index (χ1n) is 15.1. The third-order valence-corrected chi connectivity index (χ3v) is 7.91. The molecule has 1 amide bonds. The van der Waals surface area contributed by atoms with E-state index in [1.165, 1.54) is 29.7 Å². The largest absolute Gasteiger partial charge is 0.443 e. The molecule has 41 heavy (non-hydrogen) atoms. The zero-order valence-corrected chi connectivity index (χ0v) is 25.1. The summed E-state index contributed by atoms with van der Waals surface area (Å²) in [6.45, 7) is 12.6. The van der Waals surface area contributed by atoms with Crippen molar-refractivity contribution in [3.8, 4) is 0 Å². The van der Waals surface area contributed by atoms with Gasteiger partial charge in [-0.3, -0.25) is 4.90 Å². The van der Waals surface area contributed by atoms with Gasteiger partial charge in [0.25, 0.3) is 0 Å². The lowest BCUT2D eigenvalue weighted by atomic mass is 9.96. The lowest BCUT2D eigenvalue weighted by Crippen LogP contribution is -2.46. The number of piperazine rings is 1. The first-order chi connectivity index (χ1) is 19.8. The van der Waals surface area contributed by atoms with Gasteiger partial charge in [0, 0.05) is 59.2 Å². The van der Waals surface area contributed by atoms with E-state index in [2.05, 4.69) is 32.0 Å². The second-order valence-electron chi connectivity index (χ2n) is 12.3. The van der Waals surface area contributed by atoms with Gasteiger partial charge < -0.3 is 14.4 Å². The summed E-state index contributed by atoms with van der Waals surface area (Å²) in [6.07, 6.45) is 10.00. The normalized spacial score (nSPS) is 17.7. The summed E-state index contributed by atoms with van der Waals surface area (Å²) in [7, 11) is 1.76. The number of rotatable bonds is 9. The fourth-order valence-corrected chi connectivity index (χ4v) is 5.75. The Morgan fingerprint density at radius 2 is 1.71 bits per heavy atom. The van der Waals surface area contributed by atoms with Crippen molar-refractivity contribution in [3.63, 3.8) is 0 Å². The molecule has 2 fully saturated rings. The number of hydrogen-bond donors (Lipinski definition) is 0. The Labute approximate surface area is 243 Å². The third kappa shape index (κ3) is 7.61. The zero-order chi connectivity index (χ0) is 28.8. The number of hydrogen-bond acceptors (Lipinski definition) is 8. The van der Waals surface area contributed by atoms with Crippen LogP contribution >= 0.6 is 0 Å². The van der Waals surface area contributed by atoms with E-state index in [0.29, 0.717) is 17.7 Å². The first kappa shape index (κ1) is 29.4. The van der Waals surface area contributed by atoms with Crippen molar-refractivity contribution in [3.05, 3.63) is 42.2 Å². The van der Waals surface area contributed by atoms with E-state index in [0.717, 1.165) is 76.2 Å². The highest BCUT2D eigenvalue weighted by molar-refractivity contribution is 5.95. The van der Waals surface area contributed by atoms with E-state index in [1.807, 2.05) is 43.8 Å². The van der Waals surface area contributed by atoms with Crippen molar-refractivity contribution in [2.24, 2.45) is 0 Å². The quantitative estimate of drug-likeness (QED) is 0.313. The molecule has 1 saturated heterocycles. The van der Waals surface area contributed by atoms with Gasteiger partial charge in [-0.15, -0.1) is 0 Å². The van der Waals surface area contributed by atoms with Crippen LogP contribution in [0.15, 0.2) is 36.7 Å². The highest BCUT2D eigenvalue weighted by atomic mass is 16.6. The molecule has 2 aromatic heterocycles. The predicted molar refractivity (Wildman–Crippen MR) is 160 cm³/mol. The van der Waals surface area contributed by atoms with Gasteiger partial charge in [0.1, 0.15) is 5.60 Å². The van der Waals surface area contributed by atoms with Gasteiger partial charge in [-0.25, -0.2) is 19.4 Å². The molecule has 0 N–H and O–H groups in total. The van der Waals surface area contributed by atoms with E-state index in [4.69, 9.17) is 14.5 Å². The van der Waals surface area contributed by atoms with Crippen molar-refractivity contribution >= 4 is 28.8 Å². The lowest BCUT2D eigenvalue weighted by Gasteiger charge is -2.34. The smallest absolute Gasteiger partial charge is 0.421 e. The molecule has 5 rings (SSSR count). The third-order valence-electron chi connectivity index (χ3n) is 7.91. The number of aromatic nitrogens is 4. The molecule has 2 aliphatic rings. The number of carbonyl (C=O) groups excluding carboxylic acids is 1. The van der Waals surface area contributed by atoms with E-state index < -0.39 is 11.7 Å². The highest BCUT2D eigenvalue weighted by Crippen LogP contribution is 2.32. The second-order valence-corrected chi connectivity index (χ2v) is 12.3. The highest BCUT2D eigenvalue weighted by Gasteiger charge is 2.28. The molecular weight excluding hydrogens is 518 g/mol. The summed E-state index contributed by atoms with van der Waals surface area (Å²) in [5.41, 5.74) is 1.98. The molecular formula is C31H45N7O3. The van der Waals surface area contributed by atoms with E-state index in [9.17, 15) is 4.79 Å². The molecule has 1 aromatic carbocycles. The lowest BCUT2D eigenvalue weighted by molar-refractivity contribution is 0.0597. The van der Waals surface area contributed by atoms with E-state index >= 15 is 0 Å². The Morgan fingerprint density at radius 1 is 1.00 bits per heavy atom. The number of fused-ring (bicyclic) bond motifs is 1. The topological polar surface area (TPSA) is 88.9 Å². The summed E-state index contributed by atoms with van der Waals surface area (Å²) in [5, 5.41) is 5.53. The standard InChI is InChI=1S/C31H45N7O3/c1-31(2,3)41-30(39)37(29-32-21-25-22-33-38(28(25)34-29)27-9-6-5-7-10-27)26-13-11-24(12-14-26)23-36-18-16-35(17-19-36)15-8-20-40-4/h11-14,21-22,27H,5-10,15-20,23H2,1-4H3. The van der Waals surface area contributed by atoms with Gasteiger partial charge in [0.2, 0.25) is 5.95 Å². The molecule has 222 valence electrons. The van der Waals surface area contributed by atoms with Crippen LogP contribution < -0.4 is 4.90 Å². The van der Waals surface area contributed by atoms with E-state index in [-0.39, 0.29) is 0 Å². The number of amides is 1. The van der Waals surface area contributed by atoms with Crippen LogP contribution in [0.3, 0.4) is 0 Å². The number of carbonyl (C=O) groups is 1. The SMILES string of the molecule is COCCCN1CCN(Cc2ccc(N(C(=O)OC(C)(C)C)c3ncc4cnn(C5CCCCC5)c4n3)cc2)CC1. The van der Waals surface area contributed by atoms with Crippen molar-refractivity contribution in [1.82, 2.24) is 29.5 Å².